The molecule has 0 aliphatic carbocycles. The number of nitrogens with zero attached hydrogens (tertiary/aromatic N) is 1. The van der Waals surface area contributed by atoms with Crippen LogP contribution in [0.25, 0.3) is 0 Å². The molecule has 3 unspecified atom stereocenters. The molecule has 0 saturated heterocycles. The molecule has 80 heavy (non-hydrogen) atoms. The Hall–Kier alpha value is -3.07. The van der Waals surface area contributed by atoms with E-state index in [2.05, 4.69) is 111 Å². The van der Waals surface area contributed by atoms with Crippen LogP contribution in [0.3, 0.4) is 0 Å². The molecule has 0 saturated carbocycles. The lowest BCUT2D eigenvalue weighted by molar-refractivity contribution is -0.870. The Morgan fingerprint density at radius 2 is 0.800 bits per heavy atom. The quantitative estimate of drug-likeness (QED) is 0.0205. The van der Waals surface area contributed by atoms with Crippen molar-refractivity contribution in [3.05, 3.63) is 97.2 Å². The van der Waals surface area contributed by atoms with Crippen molar-refractivity contribution in [1.82, 2.24) is 5.32 Å². The fraction of sp³-hybridized carbons (Fsp3) is 0.743. The minimum Gasteiger partial charge on any atom is -0.456 e. The summed E-state index contributed by atoms with van der Waals surface area (Å²) in [5.41, 5.74) is 0. The van der Waals surface area contributed by atoms with Crippen LogP contribution in [0.1, 0.15) is 284 Å². The van der Waals surface area contributed by atoms with Crippen molar-refractivity contribution < 1.29 is 37.3 Å². The summed E-state index contributed by atoms with van der Waals surface area (Å²) in [6.45, 7) is 6.80. The summed E-state index contributed by atoms with van der Waals surface area (Å²) in [5, 5.41) is 3.06. The molecular weight excluding hydrogens is 1010 g/mol. The summed E-state index contributed by atoms with van der Waals surface area (Å²) in [6, 6.07) is -0.858. The van der Waals surface area contributed by atoms with Crippen molar-refractivity contribution in [2.75, 3.05) is 40.9 Å². The van der Waals surface area contributed by atoms with Crippen LogP contribution >= 0.6 is 7.82 Å². The largest absolute Gasteiger partial charge is 0.472 e. The van der Waals surface area contributed by atoms with Crippen molar-refractivity contribution in [2.24, 2.45) is 0 Å². The van der Waals surface area contributed by atoms with Gasteiger partial charge in [-0.1, -0.05) is 266 Å². The number of carbonyl (C=O) groups excluding carboxylic acids is 2. The predicted molar refractivity (Wildman–Crippen MR) is 346 cm³/mol. The molecule has 0 bridgehead atoms. The Balaban J connectivity index is 5.10. The molecule has 10 heteroatoms. The molecular formula is C70H126N2O7P+. The summed E-state index contributed by atoms with van der Waals surface area (Å²) < 4.78 is 30.7. The third kappa shape index (κ3) is 59.5. The van der Waals surface area contributed by atoms with E-state index in [9.17, 15) is 19.0 Å². The first kappa shape index (κ1) is 76.9. The number of ether oxygens (including phenoxy) is 1. The number of likely N-dealkylation sites (N-methyl/N-ethyl adjacent to an activating group) is 1. The van der Waals surface area contributed by atoms with Crippen LogP contribution in [0, 0.1) is 0 Å². The van der Waals surface area contributed by atoms with Crippen LogP contribution in [0.15, 0.2) is 97.2 Å². The lowest BCUT2D eigenvalue weighted by atomic mass is 10.0. The van der Waals surface area contributed by atoms with Gasteiger partial charge in [0, 0.05) is 12.8 Å². The number of esters is 1. The standard InChI is InChI=1S/C70H125N2O7P/c1-7-10-13-16-19-22-25-28-30-31-32-33-34-35-36-37-38-39-40-41-42-44-47-50-53-56-59-62-69(73)71-67(66-78-80(75,76)77-65-64-72(4,5)6)68(61-58-55-52-49-46-43-27-24-21-18-15-12-9-3)79-70(74)63-60-57-54-51-48-45-29-26-23-20-17-14-11-8-2/h10-11,13-14,19-20,22-23,28,30,32-33,35-36,58,61,67-68H,7-9,12,15-18,21,24-27,29,31,34,37-57,59-60,62-66H2,1-6H3,(H-,71,73,75,76)/p+1/b13-10-,14-11+,22-19-,23-20+,30-28-,33-32-,36-35-,61-58-. The second-order valence-electron chi connectivity index (χ2n) is 23.2. The molecule has 2 N–H and O–H groups in total. The number of hydrogen-bond donors (Lipinski definition) is 2. The number of hydrogen-bond acceptors (Lipinski definition) is 6. The molecule has 3 atom stereocenters. The van der Waals surface area contributed by atoms with Gasteiger partial charge in [-0.2, -0.15) is 0 Å². The summed E-state index contributed by atoms with van der Waals surface area (Å²) in [6.07, 6.45) is 79.8. The van der Waals surface area contributed by atoms with Crippen LogP contribution in [-0.2, 0) is 27.9 Å². The maximum Gasteiger partial charge on any atom is 0.472 e. The third-order valence-corrected chi connectivity index (χ3v) is 15.3. The number of rotatable bonds is 59. The minimum absolute atomic E-state index is 0.0348. The molecule has 0 heterocycles. The van der Waals surface area contributed by atoms with E-state index in [1.165, 1.54) is 135 Å². The third-order valence-electron chi connectivity index (χ3n) is 14.3. The van der Waals surface area contributed by atoms with Crippen molar-refractivity contribution in [1.29, 1.82) is 0 Å². The molecule has 0 aliphatic heterocycles. The first-order chi connectivity index (χ1) is 38.9. The molecule has 9 nitrogen and oxygen atoms in total. The zero-order valence-electron chi connectivity index (χ0n) is 52.8. The van der Waals surface area contributed by atoms with Crippen molar-refractivity contribution in [3.8, 4) is 0 Å². The number of amides is 1. The van der Waals surface area contributed by atoms with Gasteiger partial charge in [0.25, 0.3) is 0 Å². The summed E-state index contributed by atoms with van der Waals surface area (Å²) in [5.74, 6) is -0.517. The number of phosphoric ester groups is 1. The van der Waals surface area contributed by atoms with Gasteiger partial charge in [-0.05, 0) is 102 Å². The number of allylic oxidation sites excluding steroid dienone is 15. The van der Waals surface area contributed by atoms with E-state index >= 15 is 0 Å². The average Bonchev–Trinajstić information content (AvgIpc) is 3.42. The van der Waals surface area contributed by atoms with Crippen molar-refractivity contribution in [3.63, 3.8) is 0 Å². The smallest absolute Gasteiger partial charge is 0.456 e. The molecule has 0 aliphatic rings. The Morgan fingerprint density at radius 1 is 0.450 bits per heavy atom. The zero-order chi connectivity index (χ0) is 58.6. The topological polar surface area (TPSA) is 111 Å². The normalized spacial score (nSPS) is 14.2. The van der Waals surface area contributed by atoms with Gasteiger partial charge in [0.05, 0.1) is 33.8 Å². The van der Waals surface area contributed by atoms with Crippen LogP contribution in [-0.4, -0.2) is 74.3 Å². The van der Waals surface area contributed by atoms with Gasteiger partial charge in [0.15, 0.2) is 0 Å². The lowest BCUT2D eigenvalue weighted by Crippen LogP contribution is -2.47. The van der Waals surface area contributed by atoms with Crippen LogP contribution in [0.2, 0.25) is 0 Å². The fourth-order valence-electron chi connectivity index (χ4n) is 9.24. The highest BCUT2D eigenvalue weighted by molar-refractivity contribution is 7.47. The molecule has 0 aromatic heterocycles. The van der Waals surface area contributed by atoms with Gasteiger partial charge in [-0.25, -0.2) is 4.57 Å². The molecule has 0 fully saturated rings. The second-order valence-corrected chi connectivity index (χ2v) is 24.7. The van der Waals surface area contributed by atoms with E-state index in [0.29, 0.717) is 17.4 Å². The Bertz CT molecular complexity index is 1690. The fourth-order valence-corrected chi connectivity index (χ4v) is 9.98. The van der Waals surface area contributed by atoms with Gasteiger partial charge in [0.2, 0.25) is 5.91 Å². The highest BCUT2D eigenvalue weighted by atomic mass is 31.2. The monoisotopic (exact) mass is 1140 g/mol. The Morgan fingerprint density at radius 3 is 1.20 bits per heavy atom. The number of unbranched alkanes of at least 4 members (excludes halogenated alkanes) is 29. The molecule has 0 aromatic rings. The molecule has 0 rings (SSSR count). The second kappa shape index (κ2) is 59.1. The summed E-state index contributed by atoms with van der Waals surface area (Å²) in [7, 11) is 1.48. The van der Waals surface area contributed by atoms with Crippen molar-refractivity contribution in [2.45, 2.75) is 296 Å². The lowest BCUT2D eigenvalue weighted by Gasteiger charge is -2.27. The molecule has 462 valence electrons. The van der Waals surface area contributed by atoms with E-state index < -0.39 is 20.0 Å². The van der Waals surface area contributed by atoms with Crippen LogP contribution in [0.5, 0.6) is 0 Å². The van der Waals surface area contributed by atoms with E-state index in [0.717, 1.165) is 116 Å². The molecule has 0 spiro atoms. The van der Waals surface area contributed by atoms with Crippen LogP contribution in [0.4, 0.5) is 0 Å². The Labute approximate surface area is 494 Å². The molecule has 0 aromatic carbocycles. The molecule has 1 amide bonds. The highest BCUT2D eigenvalue weighted by Crippen LogP contribution is 2.43. The predicted octanol–water partition coefficient (Wildman–Crippen LogP) is 20.7. The average molecular weight is 1140 g/mol. The zero-order valence-corrected chi connectivity index (χ0v) is 53.7. The van der Waals surface area contributed by atoms with Gasteiger partial charge in [-0.15, -0.1) is 0 Å². The van der Waals surface area contributed by atoms with E-state index in [1.807, 2.05) is 33.3 Å². The van der Waals surface area contributed by atoms with E-state index in [1.54, 1.807) is 0 Å². The summed E-state index contributed by atoms with van der Waals surface area (Å²) in [4.78, 5) is 37.8. The molecule has 0 radical (unpaired) electrons. The first-order valence-corrected chi connectivity index (χ1v) is 34.6. The van der Waals surface area contributed by atoms with Gasteiger partial charge < -0.3 is 19.4 Å². The van der Waals surface area contributed by atoms with Crippen molar-refractivity contribution >= 4 is 19.7 Å². The van der Waals surface area contributed by atoms with Gasteiger partial charge in [-0.3, -0.25) is 18.6 Å². The number of phosphoric acid groups is 1. The van der Waals surface area contributed by atoms with E-state index in [-0.39, 0.29) is 31.5 Å². The SMILES string of the molecule is CC/C=C\C/C=C\C/C=C\C/C=C\C/C=C\CCCCCCCCCCCCCC(=O)NC(COP(=O)(O)OCC[N+](C)(C)C)C(/C=C\CCCCCCCCCCCCC)OC(=O)CCCCCCCCC/C=C/C/C=C/CC. The van der Waals surface area contributed by atoms with E-state index in [4.69, 9.17) is 13.8 Å². The number of nitrogens with one attached hydrogen (secondary N) is 1. The maximum absolute atomic E-state index is 13.6. The maximum atomic E-state index is 13.6. The first-order valence-electron chi connectivity index (χ1n) is 33.1. The van der Waals surface area contributed by atoms with Gasteiger partial charge in [0.1, 0.15) is 19.3 Å². The summed E-state index contributed by atoms with van der Waals surface area (Å²) >= 11 is 0. The Kier molecular flexibility index (Phi) is 56.8. The number of carbonyl (C=O) groups is 2. The number of quaternary nitrogens is 1. The van der Waals surface area contributed by atoms with Crippen LogP contribution < -0.4 is 5.32 Å². The highest BCUT2D eigenvalue weighted by Gasteiger charge is 2.30. The van der Waals surface area contributed by atoms with Gasteiger partial charge >= 0.3 is 13.8 Å². The minimum atomic E-state index is -4.46.